The lowest BCUT2D eigenvalue weighted by atomic mass is 9.67. The van der Waals surface area contributed by atoms with Crippen molar-refractivity contribution in [3.8, 4) is 0 Å². The molecule has 20 heavy (non-hydrogen) atoms. The summed E-state index contributed by atoms with van der Waals surface area (Å²) in [7, 11) is 0. The average molecular weight is 332 g/mol. The Labute approximate surface area is 134 Å². The van der Waals surface area contributed by atoms with Crippen molar-refractivity contribution in [2.75, 3.05) is 0 Å². The van der Waals surface area contributed by atoms with Gasteiger partial charge < -0.3 is 4.57 Å². The molecule has 0 unspecified atom stereocenters. The van der Waals surface area contributed by atoms with Crippen LogP contribution < -0.4 is 0 Å². The third kappa shape index (κ3) is 2.32. The highest BCUT2D eigenvalue weighted by Gasteiger charge is 2.36. The molecule has 1 saturated carbocycles. The van der Waals surface area contributed by atoms with Crippen molar-refractivity contribution in [1.29, 1.82) is 0 Å². The van der Waals surface area contributed by atoms with E-state index in [4.69, 9.17) is 34.8 Å². The number of fused-ring (bicyclic) bond motifs is 1. The van der Waals surface area contributed by atoms with Gasteiger partial charge in [-0.3, -0.25) is 0 Å². The maximum Gasteiger partial charge on any atom is 0.124 e. The number of nitrogens with zero attached hydrogens (tertiary/aromatic N) is 2. The Hall–Kier alpha value is -0.440. The molecule has 0 saturated heterocycles. The molecule has 1 aromatic heterocycles. The first-order valence-corrected chi connectivity index (χ1v) is 8.28. The van der Waals surface area contributed by atoms with Crippen LogP contribution in [0.15, 0.2) is 12.1 Å². The van der Waals surface area contributed by atoms with Gasteiger partial charge in [-0.2, -0.15) is 0 Å². The van der Waals surface area contributed by atoms with Gasteiger partial charge in [0.15, 0.2) is 0 Å². The van der Waals surface area contributed by atoms with Crippen molar-refractivity contribution in [1.82, 2.24) is 9.55 Å². The van der Waals surface area contributed by atoms with Gasteiger partial charge in [0, 0.05) is 6.54 Å². The van der Waals surface area contributed by atoms with Crippen LogP contribution in [0.25, 0.3) is 11.0 Å². The molecular formula is C15H17Cl3N2. The van der Waals surface area contributed by atoms with Crippen molar-refractivity contribution in [2.24, 2.45) is 5.41 Å². The van der Waals surface area contributed by atoms with Crippen LogP contribution in [0.3, 0.4) is 0 Å². The van der Waals surface area contributed by atoms with Gasteiger partial charge in [0.25, 0.3) is 0 Å². The molecule has 2 aromatic rings. The van der Waals surface area contributed by atoms with Crippen molar-refractivity contribution in [3.05, 3.63) is 28.0 Å². The van der Waals surface area contributed by atoms with E-state index in [9.17, 15) is 0 Å². The Balaban J connectivity index is 2.10. The topological polar surface area (TPSA) is 17.8 Å². The minimum atomic E-state index is 0.403. The second-order valence-electron chi connectivity index (χ2n) is 5.71. The zero-order valence-electron chi connectivity index (χ0n) is 11.4. The Kier molecular flexibility index (Phi) is 3.91. The standard InChI is InChI=1S/C15H17Cl3N2/c1-2-15(4-3-5-15)9-20-13-7-11(18)10(17)6-12(13)19-14(20)8-16/h6-7H,2-5,8-9H2,1H3. The fraction of sp³-hybridized carbons (Fsp3) is 0.533. The molecule has 1 aliphatic carbocycles. The maximum atomic E-state index is 6.16. The molecular weight excluding hydrogens is 315 g/mol. The lowest BCUT2D eigenvalue weighted by Gasteiger charge is -2.42. The minimum Gasteiger partial charge on any atom is -0.326 e. The van der Waals surface area contributed by atoms with Crippen LogP contribution in [-0.2, 0) is 12.4 Å². The molecule has 1 fully saturated rings. The summed E-state index contributed by atoms with van der Waals surface area (Å²) in [4.78, 5) is 4.60. The quantitative estimate of drug-likeness (QED) is 0.661. The first-order chi connectivity index (χ1) is 9.58. The fourth-order valence-electron chi connectivity index (χ4n) is 3.08. The Bertz CT molecular complexity index is 639. The van der Waals surface area contributed by atoms with Gasteiger partial charge in [-0.25, -0.2) is 4.98 Å². The smallest absolute Gasteiger partial charge is 0.124 e. The van der Waals surface area contributed by atoms with E-state index in [2.05, 4.69) is 16.5 Å². The van der Waals surface area contributed by atoms with Gasteiger partial charge in [-0.15, -0.1) is 11.6 Å². The van der Waals surface area contributed by atoms with Crippen LogP contribution >= 0.6 is 34.8 Å². The fourth-order valence-corrected chi connectivity index (χ4v) is 3.60. The second kappa shape index (κ2) is 5.40. The van der Waals surface area contributed by atoms with Crippen LogP contribution in [-0.4, -0.2) is 9.55 Å². The summed E-state index contributed by atoms with van der Waals surface area (Å²) in [5.41, 5.74) is 2.32. The monoisotopic (exact) mass is 330 g/mol. The lowest BCUT2D eigenvalue weighted by molar-refractivity contribution is 0.101. The molecule has 5 heteroatoms. The van der Waals surface area contributed by atoms with Gasteiger partial charge in [0.1, 0.15) is 5.82 Å². The number of rotatable bonds is 4. The Morgan fingerprint density at radius 2 is 1.95 bits per heavy atom. The van der Waals surface area contributed by atoms with Crippen LogP contribution in [0.1, 0.15) is 38.4 Å². The van der Waals surface area contributed by atoms with E-state index < -0.39 is 0 Å². The van der Waals surface area contributed by atoms with E-state index in [1.807, 2.05) is 12.1 Å². The van der Waals surface area contributed by atoms with Crippen molar-refractivity contribution < 1.29 is 0 Å². The van der Waals surface area contributed by atoms with E-state index in [0.29, 0.717) is 21.3 Å². The van der Waals surface area contributed by atoms with Crippen LogP contribution in [0, 0.1) is 5.41 Å². The molecule has 0 radical (unpaired) electrons. The molecule has 1 heterocycles. The third-order valence-corrected chi connectivity index (χ3v) is 5.61. The van der Waals surface area contributed by atoms with E-state index in [-0.39, 0.29) is 0 Å². The Morgan fingerprint density at radius 3 is 2.50 bits per heavy atom. The van der Waals surface area contributed by atoms with Gasteiger partial charge in [0.05, 0.1) is 27.0 Å². The summed E-state index contributed by atoms with van der Waals surface area (Å²) in [6, 6.07) is 3.73. The molecule has 1 aliphatic rings. The number of alkyl halides is 1. The number of hydrogen-bond donors (Lipinski definition) is 0. The maximum absolute atomic E-state index is 6.16. The highest BCUT2D eigenvalue weighted by atomic mass is 35.5. The zero-order valence-corrected chi connectivity index (χ0v) is 13.7. The lowest BCUT2D eigenvalue weighted by Crippen LogP contribution is -2.33. The molecule has 3 rings (SSSR count). The second-order valence-corrected chi connectivity index (χ2v) is 6.79. The van der Waals surface area contributed by atoms with Crippen LogP contribution in [0.5, 0.6) is 0 Å². The minimum absolute atomic E-state index is 0.403. The number of hydrogen-bond acceptors (Lipinski definition) is 1. The van der Waals surface area contributed by atoms with Gasteiger partial charge in [-0.05, 0) is 36.8 Å². The molecule has 0 bridgehead atoms. The summed E-state index contributed by atoms with van der Waals surface area (Å²) >= 11 is 18.3. The summed E-state index contributed by atoms with van der Waals surface area (Å²) < 4.78 is 2.23. The number of aromatic nitrogens is 2. The van der Waals surface area contributed by atoms with Crippen molar-refractivity contribution in [3.63, 3.8) is 0 Å². The van der Waals surface area contributed by atoms with E-state index in [1.54, 1.807) is 0 Å². The number of imidazole rings is 1. The normalized spacial score (nSPS) is 17.4. The summed E-state index contributed by atoms with van der Waals surface area (Å²) in [5.74, 6) is 1.31. The van der Waals surface area contributed by atoms with E-state index in [0.717, 1.165) is 23.4 Å². The average Bonchev–Trinajstić information content (AvgIpc) is 2.72. The predicted molar refractivity (Wildman–Crippen MR) is 85.9 cm³/mol. The van der Waals surface area contributed by atoms with E-state index in [1.165, 1.54) is 25.7 Å². The first-order valence-electron chi connectivity index (χ1n) is 6.99. The molecule has 2 nitrogen and oxygen atoms in total. The molecule has 0 aliphatic heterocycles. The SMILES string of the molecule is CCC1(Cn2c(CCl)nc3cc(Cl)c(Cl)cc32)CCC1. The molecule has 0 atom stereocenters. The van der Waals surface area contributed by atoms with Crippen molar-refractivity contribution in [2.45, 2.75) is 45.0 Å². The highest BCUT2D eigenvalue weighted by Crippen LogP contribution is 2.46. The highest BCUT2D eigenvalue weighted by molar-refractivity contribution is 6.42. The summed E-state index contributed by atoms with van der Waals surface area (Å²) in [6.45, 7) is 3.24. The molecule has 108 valence electrons. The van der Waals surface area contributed by atoms with E-state index >= 15 is 0 Å². The molecule has 0 spiro atoms. The predicted octanol–water partition coefficient (Wildman–Crippen LogP) is 5.66. The molecule has 0 amide bonds. The van der Waals surface area contributed by atoms with Gasteiger partial charge >= 0.3 is 0 Å². The largest absolute Gasteiger partial charge is 0.326 e. The first kappa shape index (κ1) is 14.5. The Morgan fingerprint density at radius 1 is 1.25 bits per heavy atom. The third-order valence-electron chi connectivity index (χ3n) is 4.65. The van der Waals surface area contributed by atoms with Gasteiger partial charge in [0.2, 0.25) is 0 Å². The van der Waals surface area contributed by atoms with Crippen LogP contribution in [0.4, 0.5) is 0 Å². The zero-order chi connectivity index (χ0) is 14.3. The molecule has 1 aromatic carbocycles. The molecule has 0 N–H and O–H groups in total. The van der Waals surface area contributed by atoms with Gasteiger partial charge in [-0.1, -0.05) is 36.5 Å². The summed E-state index contributed by atoms with van der Waals surface area (Å²) in [6.07, 6.45) is 5.08. The number of benzene rings is 1. The number of halogens is 3. The van der Waals surface area contributed by atoms with Crippen molar-refractivity contribution >= 4 is 45.8 Å². The summed E-state index contributed by atoms with van der Waals surface area (Å²) in [5, 5.41) is 1.11. The van der Waals surface area contributed by atoms with Crippen LogP contribution in [0.2, 0.25) is 10.0 Å².